The maximum absolute atomic E-state index is 11.2. The number of nitrogens with one attached hydrogen (secondary N) is 2. The molecule has 0 aliphatic heterocycles. The van der Waals surface area contributed by atoms with Gasteiger partial charge in [0.25, 0.3) is 0 Å². The Hall–Kier alpha value is -2.35. The Morgan fingerprint density at radius 3 is 2.38 bits per heavy atom. The van der Waals surface area contributed by atoms with E-state index in [4.69, 9.17) is 5.26 Å². The lowest BCUT2D eigenvalue weighted by molar-refractivity contribution is -0.139. The molecule has 0 aromatic heterocycles. The molecule has 82 valence electrons. The van der Waals surface area contributed by atoms with Crippen LogP contribution in [0, 0.1) is 11.3 Å². The molecule has 0 saturated heterocycles. The van der Waals surface area contributed by atoms with E-state index in [-0.39, 0.29) is 6.54 Å². The summed E-state index contributed by atoms with van der Waals surface area (Å²) in [5, 5.41) is 12.8. The molecular weight excluding hydrogens is 206 g/mol. The fourth-order valence-electron chi connectivity index (χ4n) is 1.06. The standard InChI is InChI=1S/C11H11N3O2/c12-6-7-13-10(15)11(16)14-8-9-4-2-1-3-5-9/h1-5H,7-8H2,(H,13,15)(H,14,16). The lowest BCUT2D eigenvalue weighted by Crippen LogP contribution is -2.39. The summed E-state index contributed by atoms with van der Waals surface area (Å²) in [6.07, 6.45) is 0. The summed E-state index contributed by atoms with van der Waals surface area (Å²) in [5.74, 6) is -1.53. The predicted molar refractivity (Wildman–Crippen MR) is 56.9 cm³/mol. The summed E-state index contributed by atoms with van der Waals surface area (Å²) in [6.45, 7) is 0.122. The second-order valence-corrected chi connectivity index (χ2v) is 3.01. The maximum Gasteiger partial charge on any atom is 0.310 e. The van der Waals surface area contributed by atoms with Crippen LogP contribution in [-0.2, 0) is 16.1 Å². The van der Waals surface area contributed by atoms with Gasteiger partial charge in [0.05, 0.1) is 6.07 Å². The van der Waals surface area contributed by atoms with Crippen molar-refractivity contribution >= 4 is 11.8 Å². The van der Waals surface area contributed by atoms with Crippen LogP contribution < -0.4 is 10.6 Å². The number of rotatable bonds is 3. The van der Waals surface area contributed by atoms with Crippen LogP contribution in [0.15, 0.2) is 30.3 Å². The number of benzene rings is 1. The fraction of sp³-hybridized carbons (Fsp3) is 0.182. The number of carbonyl (C=O) groups excluding carboxylic acids is 2. The van der Waals surface area contributed by atoms with Gasteiger partial charge in [-0.05, 0) is 5.56 Å². The molecule has 0 atom stereocenters. The van der Waals surface area contributed by atoms with E-state index in [0.717, 1.165) is 5.56 Å². The third kappa shape index (κ3) is 3.80. The maximum atomic E-state index is 11.2. The number of hydrogen-bond acceptors (Lipinski definition) is 3. The van der Waals surface area contributed by atoms with Crippen LogP contribution in [0.1, 0.15) is 5.56 Å². The molecule has 0 aliphatic rings. The summed E-state index contributed by atoms with van der Waals surface area (Å²) in [4.78, 5) is 22.2. The van der Waals surface area contributed by atoms with Crippen LogP contribution >= 0.6 is 0 Å². The zero-order valence-electron chi connectivity index (χ0n) is 8.56. The molecule has 0 fully saturated rings. The zero-order valence-corrected chi connectivity index (χ0v) is 8.56. The largest absolute Gasteiger partial charge is 0.344 e. The van der Waals surface area contributed by atoms with Crippen LogP contribution in [0.5, 0.6) is 0 Å². The van der Waals surface area contributed by atoms with Crippen molar-refractivity contribution in [3.05, 3.63) is 35.9 Å². The van der Waals surface area contributed by atoms with E-state index in [9.17, 15) is 9.59 Å². The molecule has 2 N–H and O–H groups in total. The van der Waals surface area contributed by atoms with Gasteiger partial charge in [-0.25, -0.2) is 0 Å². The van der Waals surface area contributed by atoms with Gasteiger partial charge in [-0.1, -0.05) is 30.3 Å². The Kier molecular flexibility index (Phi) is 4.54. The number of hydrogen-bond donors (Lipinski definition) is 2. The molecule has 0 spiro atoms. The van der Waals surface area contributed by atoms with Gasteiger partial charge in [0, 0.05) is 6.54 Å². The Morgan fingerprint density at radius 1 is 1.12 bits per heavy atom. The van der Waals surface area contributed by atoms with Crippen LogP contribution in [-0.4, -0.2) is 18.4 Å². The second-order valence-electron chi connectivity index (χ2n) is 3.01. The molecule has 1 aromatic carbocycles. The quantitative estimate of drug-likeness (QED) is 0.549. The molecule has 5 heteroatoms. The summed E-state index contributed by atoms with van der Waals surface area (Å²) in [6, 6.07) is 11.0. The van der Waals surface area contributed by atoms with Gasteiger partial charge in [-0.2, -0.15) is 5.26 Å². The molecule has 1 aromatic rings. The van der Waals surface area contributed by atoms with E-state index >= 15 is 0 Å². The molecule has 0 aliphatic carbocycles. The highest BCUT2D eigenvalue weighted by atomic mass is 16.2. The first kappa shape index (κ1) is 11.7. The van der Waals surface area contributed by atoms with Crippen molar-refractivity contribution in [2.24, 2.45) is 0 Å². The summed E-state index contributed by atoms with van der Waals surface area (Å²) >= 11 is 0. The van der Waals surface area contributed by atoms with Crippen LogP contribution in [0.3, 0.4) is 0 Å². The van der Waals surface area contributed by atoms with Crippen molar-refractivity contribution in [2.75, 3.05) is 6.54 Å². The van der Waals surface area contributed by atoms with E-state index in [1.54, 1.807) is 6.07 Å². The van der Waals surface area contributed by atoms with Gasteiger partial charge in [0.1, 0.15) is 6.54 Å². The first-order valence-electron chi connectivity index (χ1n) is 4.71. The van der Waals surface area contributed by atoms with Gasteiger partial charge >= 0.3 is 11.8 Å². The normalized spacial score (nSPS) is 8.94. The summed E-state index contributed by atoms with van der Waals surface area (Å²) in [7, 11) is 0. The van der Waals surface area contributed by atoms with E-state index in [2.05, 4.69) is 10.6 Å². The lowest BCUT2D eigenvalue weighted by atomic mass is 10.2. The highest BCUT2D eigenvalue weighted by molar-refractivity contribution is 6.35. The Balaban J connectivity index is 2.36. The van der Waals surface area contributed by atoms with Crippen LogP contribution in [0.2, 0.25) is 0 Å². The number of nitriles is 1. The third-order valence-electron chi connectivity index (χ3n) is 1.83. The first-order chi connectivity index (χ1) is 7.74. The molecule has 5 nitrogen and oxygen atoms in total. The van der Waals surface area contributed by atoms with Crippen molar-refractivity contribution < 1.29 is 9.59 Å². The second kappa shape index (κ2) is 6.19. The average Bonchev–Trinajstić information content (AvgIpc) is 2.34. The van der Waals surface area contributed by atoms with Crippen molar-refractivity contribution in [3.63, 3.8) is 0 Å². The number of carbonyl (C=O) groups is 2. The van der Waals surface area contributed by atoms with Crippen molar-refractivity contribution in [1.29, 1.82) is 5.26 Å². The molecule has 16 heavy (non-hydrogen) atoms. The Bertz CT molecular complexity index is 409. The number of amides is 2. The average molecular weight is 217 g/mol. The fourth-order valence-corrected chi connectivity index (χ4v) is 1.06. The third-order valence-corrected chi connectivity index (χ3v) is 1.83. The molecule has 0 bridgehead atoms. The lowest BCUT2D eigenvalue weighted by Gasteiger charge is -2.04. The van der Waals surface area contributed by atoms with Crippen LogP contribution in [0.25, 0.3) is 0 Å². The Labute approximate surface area is 93.1 Å². The number of nitrogens with zero attached hydrogens (tertiary/aromatic N) is 1. The van der Waals surface area contributed by atoms with E-state index < -0.39 is 11.8 Å². The minimum absolute atomic E-state index is 0.169. The summed E-state index contributed by atoms with van der Waals surface area (Å²) in [5.41, 5.74) is 0.906. The zero-order chi connectivity index (χ0) is 11.8. The van der Waals surface area contributed by atoms with Gasteiger partial charge in [0.15, 0.2) is 0 Å². The van der Waals surface area contributed by atoms with E-state index in [1.165, 1.54) is 0 Å². The highest BCUT2D eigenvalue weighted by Gasteiger charge is 2.11. The molecule has 0 unspecified atom stereocenters. The molecule has 2 amide bonds. The van der Waals surface area contributed by atoms with E-state index in [0.29, 0.717) is 6.54 Å². The smallest absolute Gasteiger partial charge is 0.310 e. The van der Waals surface area contributed by atoms with Gasteiger partial charge in [-0.15, -0.1) is 0 Å². The van der Waals surface area contributed by atoms with Gasteiger partial charge in [-0.3, -0.25) is 9.59 Å². The van der Waals surface area contributed by atoms with Crippen molar-refractivity contribution in [3.8, 4) is 6.07 Å². The van der Waals surface area contributed by atoms with Gasteiger partial charge < -0.3 is 10.6 Å². The molecular formula is C11H11N3O2. The SMILES string of the molecule is N#CCNC(=O)C(=O)NCc1ccccc1. The van der Waals surface area contributed by atoms with Crippen molar-refractivity contribution in [2.45, 2.75) is 6.54 Å². The molecule has 0 saturated carbocycles. The monoisotopic (exact) mass is 217 g/mol. The van der Waals surface area contributed by atoms with E-state index in [1.807, 2.05) is 30.3 Å². The summed E-state index contributed by atoms with van der Waals surface area (Å²) < 4.78 is 0. The van der Waals surface area contributed by atoms with Crippen molar-refractivity contribution in [1.82, 2.24) is 10.6 Å². The highest BCUT2D eigenvalue weighted by Crippen LogP contribution is 1.96. The first-order valence-corrected chi connectivity index (χ1v) is 4.71. The van der Waals surface area contributed by atoms with Gasteiger partial charge in [0.2, 0.25) is 0 Å². The predicted octanol–water partition coefficient (Wildman–Crippen LogP) is -0.0574. The van der Waals surface area contributed by atoms with Crippen LogP contribution in [0.4, 0.5) is 0 Å². The molecule has 0 radical (unpaired) electrons. The molecule has 0 heterocycles. The Morgan fingerprint density at radius 2 is 1.75 bits per heavy atom. The minimum atomic E-state index is -0.794. The topological polar surface area (TPSA) is 82.0 Å². The molecule has 1 rings (SSSR count). The minimum Gasteiger partial charge on any atom is -0.344 e.